The molecule has 0 unspecified atom stereocenters. The van der Waals surface area contributed by atoms with E-state index in [4.69, 9.17) is 0 Å². The van der Waals surface area contributed by atoms with Crippen LogP contribution in [-0.2, 0) is 16.4 Å². The van der Waals surface area contributed by atoms with E-state index in [1.807, 2.05) is 37.3 Å². The summed E-state index contributed by atoms with van der Waals surface area (Å²) in [5, 5.41) is 20.8. The first kappa shape index (κ1) is 20.0. The van der Waals surface area contributed by atoms with E-state index in [0.717, 1.165) is 15.8 Å². The molecule has 0 bridgehead atoms. The van der Waals surface area contributed by atoms with Crippen LogP contribution in [0.5, 0.6) is 5.75 Å². The number of phenolic OH excluding ortho intramolecular Hbond substituents is 1. The molecule has 30 heavy (non-hydrogen) atoms. The maximum Gasteiger partial charge on any atom is 0.263 e. The summed E-state index contributed by atoms with van der Waals surface area (Å²) in [5.74, 6) is 0.129. The van der Waals surface area contributed by atoms with Crippen LogP contribution in [0.15, 0.2) is 70.6 Å². The average molecular weight is 439 g/mol. The Balaban J connectivity index is 1.56. The van der Waals surface area contributed by atoms with Gasteiger partial charge >= 0.3 is 0 Å². The molecule has 1 aromatic heterocycles. The van der Waals surface area contributed by atoms with Crippen LogP contribution in [0.2, 0.25) is 0 Å². The molecule has 1 heterocycles. The number of hydrogen-bond donors (Lipinski definition) is 2. The van der Waals surface area contributed by atoms with Crippen molar-refractivity contribution >= 4 is 49.2 Å². The van der Waals surface area contributed by atoms with Crippen molar-refractivity contribution < 1.29 is 13.5 Å². The van der Waals surface area contributed by atoms with Gasteiger partial charge in [-0.25, -0.2) is 8.42 Å². The predicted octanol–water partition coefficient (Wildman–Crippen LogP) is 4.51. The summed E-state index contributed by atoms with van der Waals surface area (Å²) in [7, 11) is -3.76. The van der Waals surface area contributed by atoms with Gasteiger partial charge in [-0.3, -0.25) is 9.71 Å². The zero-order valence-electron chi connectivity index (χ0n) is 16.0. The molecule has 3 aromatic carbocycles. The van der Waals surface area contributed by atoms with E-state index in [2.05, 4.69) is 19.9 Å². The number of aliphatic imine (C=N–C) groups is 1. The molecule has 0 spiro atoms. The van der Waals surface area contributed by atoms with Gasteiger partial charge in [-0.1, -0.05) is 48.6 Å². The lowest BCUT2D eigenvalue weighted by Crippen LogP contribution is -2.12. The molecule has 0 atom stereocenters. The zero-order valence-corrected chi connectivity index (χ0v) is 17.6. The molecule has 0 fully saturated rings. The summed E-state index contributed by atoms with van der Waals surface area (Å²) in [6.45, 7) is 1.93. The number of fused-ring (bicyclic) bond motifs is 1. The lowest BCUT2D eigenvalue weighted by Gasteiger charge is -2.06. The number of aromatic hydroxyl groups is 1. The highest BCUT2D eigenvalue weighted by Gasteiger charge is 2.16. The van der Waals surface area contributed by atoms with E-state index in [1.54, 1.807) is 24.4 Å². The molecule has 4 rings (SSSR count). The lowest BCUT2D eigenvalue weighted by atomic mass is 10.0. The van der Waals surface area contributed by atoms with Crippen molar-refractivity contribution in [2.45, 2.75) is 18.2 Å². The second-order valence-corrected chi connectivity index (χ2v) is 9.18. The van der Waals surface area contributed by atoms with Crippen LogP contribution in [0, 0.1) is 0 Å². The van der Waals surface area contributed by atoms with Crippen molar-refractivity contribution in [1.29, 1.82) is 0 Å². The average Bonchev–Trinajstić information content (AvgIpc) is 3.20. The molecule has 0 amide bonds. The monoisotopic (exact) mass is 438 g/mol. The number of aromatic nitrogens is 2. The second-order valence-electron chi connectivity index (χ2n) is 6.43. The van der Waals surface area contributed by atoms with E-state index < -0.39 is 10.0 Å². The van der Waals surface area contributed by atoms with Crippen LogP contribution in [0.3, 0.4) is 0 Å². The van der Waals surface area contributed by atoms with Crippen molar-refractivity contribution in [3.05, 3.63) is 71.2 Å². The van der Waals surface area contributed by atoms with Gasteiger partial charge in [0.05, 0.1) is 10.6 Å². The van der Waals surface area contributed by atoms with Crippen molar-refractivity contribution in [1.82, 2.24) is 10.2 Å². The number of phenols is 1. The minimum atomic E-state index is -3.76. The number of nitrogens with zero attached hydrogens (tertiary/aromatic N) is 3. The quantitative estimate of drug-likeness (QED) is 0.431. The van der Waals surface area contributed by atoms with E-state index >= 15 is 0 Å². The Morgan fingerprint density at radius 1 is 1.07 bits per heavy atom. The molecule has 9 heteroatoms. The number of anilines is 1. The maximum absolute atomic E-state index is 12.5. The molecular weight excluding hydrogens is 420 g/mol. The van der Waals surface area contributed by atoms with Crippen molar-refractivity contribution in [3.8, 4) is 5.75 Å². The molecule has 2 N–H and O–H groups in total. The van der Waals surface area contributed by atoms with Gasteiger partial charge in [0.2, 0.25) is 5.13 Å². The van der Waals surface area contributed by atoms with Crippen molar-refractivity contribution in [3.63, 3.8) is 0 Å². The third-order valence-electron chi connectivity index (χ3n) is 4.43. The predicted molar refractivity (Wildman–Crippen MR) is 119 cm³/mol. The normalized spacial score (nSPS) is 11.9. The van der Waals surface area contributed by atoms with Crippen LogP contribution >= 0.6 is 11.3 Å². The Morgan fingerprint density at radius 2 is 1.83 bits per heavy atom. The Bertz CT molecular complexity index is 1330. The minimum Gasteiger partial charge on any atom is -0.507 e. The van der Waals surface area contributed by atoms with Gasteiger partial charge in [0.15, 0.2) is 0 Å². The summed E-state index contributed by atoms with van der Waals surface area (Å²) < 4.78 is 27.5. The summed E-state index contributed by atoms with van der Waals surface area (Å²) in [6.07, 6.45) is 2.27. The van der Waals surface area contributed by atoms with Gasteiger partial charge < -0.3 is 5.11 Å². The molecule has 0 aliphatic carbocycles. The Labute approximate surface area is 177 Å². The number of benzene rings is 3. The number of nitrogens with one attached hydrogen (secondary N) is 1. The highest BCUT2D eigenvalue weighted by molar-refractivity contribution is 7.93. The van der Waals surface area contributed by atoms with Crippen LogP contribution in [0.1, 0.15) is 17.5 Å². The highest BCUT2D eigenvalue weighted by atomic mass is 32.2. The SMILES string of the molecule is CCc1nnc(NS(=O)(=O)c2ccc(N=Cc3c(O)ccc4ccccc34)cc2)s1. The number of rotatable bonds is 6. The fraction of sp³-hybridized carbons (Fsp3) is 0.0952. The van der Waals surface area contributed by atoms with Gasteiger partial charge in [0.25, 0.3) is 10.0 Å². The first-order valence-corrected chi connectivity index (χ1v) is 11.5. The van der Waals surface area contributed by atoms with E-state index in [9.17, 15) is 13.5 Å². The van der Waals surface area contributed by atoms with Crippen LogP contribution in [-0.4, -0.2) is 29.9 Å². The van der Waals surface area contributed by atoms with Gasteiger partial charge in [-0.05, 0) is 47.5 Å². The van der Waals surface area contributed by atoms with Gasteiger partial charge in [0.1, 0.15) is 10.8 Å². The van der Waals surface area contributed by atoms with Gasteiger partial charge in [-0.15, -0.1) is 10.2 Å². The number of sulfonamides is 1. The van der Waals surface area contributed by atoms with E-state index in [1.165, 1.54) is 23.5 Å². The van der Waals surface area contributed by atoms with Gasteiger partial charge in [0, 0.05) is 11.8 Å². The summed E-state index contributed by atoms with van der Waals surface area (Å²) in [5.41, 5.74) is 1.17. The summed E-state index contributed by atoms with van der Waals surface area (Å²) >= 11 is 1.21. The summed E-state index contributed by atoms with van der Waals surface area (Å²) in [6, 6.07) is 17.3. The van der Waals surface area contributed by atoms with Crippen LogP contribution in [0.25, 0.3) is 10.8 Å². The largest absolute Gasteiger partial charge is 0.507 e. The number of hydrogen-bond acceptors (Lipinski definition) is 7. The smallest absolute Gasteiger partial charge is 0.263 e. The van der Waals surface area contributed by atoms with Crippen molar-refractivity contribution in [2.24, 2.45) is 4.99 Å². The molecule has 0 saturated carbocycles. The molecule has 0 saturated heterocycles. The van der Waals surface area contributed by atoms with Crippen LogP contribution < -0.4 is 4.72 Å². The second kappa shape index (κ2) is 8.21. The van der Waals surface area contributed by atoms with Gasteiger partial charge in [-0.2, -0.15) is 0 Å². The zero-order chi connectivity index (χ0) is 21.1. The minimum absolute atomic E-state index is 0.0997. The molecule has 0 radical (unpaired) electrons. The topological polar surface area (TPSA) is 105 Å². The van der Waals surface area contributed by atoms with E-state index in [0.29, 0.717) is 17.7 Å². The van der Waals surface area contributed by atoms with Crippen molar-refractivity contribution in [2.75, 3.05) is 4.72 Å². The fourth-order valence-electron chi connectivity index (χ4n) is 2.88. The fourth-order valence-corrected chi connectivity index (χ4v) is 4.79. The Kier molecular flexibility index (Phi) is 5.47. The molecule has 7 nitrogen and oxygen atoms in total. The maximum atomic E-state index is 12.5. The molecule has 0 aliphatic rings. The lowest BCUT2D eigenvalue weighted by molar-refractivity contribution is 0.475. The summed E-state index contributed by atoms with van der Waals surface area (Å²) in [4.78, 5) is 4.49. The first-order valence-electron chi connectivity index (χ1n) is 9.16. The standard InChI is InChI=1S/C21H18N4O3S2/c1-2-20-23-24-21(29-20)25-30(27,28)16-10-8-15(9-11-16)22-13-18-17-6-4-3-5-14(17)7-12-19(18)26/h3-13,26H,2H2,1H3,(H,24,25). The van der Waals surface area contributed by atoms with Crippen LogP contribution in [0.4, 0.5) is 10.8 Å². The Morgan fingerprint density at radius 3 is 2.57 bits per heavy atom. The highest BCUT2D eigenvalue weighted by Crippen LogP contribution is 2.27. The third-order valence-corrected chi connectivity index (χ3v) is 6.90. The molecule has 152 valence electrons. The molecule has 4 aromatic rings. The molecule has 0 aliphatic heterocycles. The first-order chi connectivity index (χ1) is 14.5. The van der Waals surface area contributed by atoms with E-state index in [-0.39, 0.29) is 15.8 Å². The Hall–Kier alpha value is -3.30. The number of aryl methyl sites for hydroxylation is 1. The molecular formula is C21H18N4O3S2. The third kappa shape index (κ3) is 4.17.